The minimum atomic E-state index is 0.00989. The first-order chi connectivity index (χ1) is 8.55. The van der Waals surface area contributed by atoms with E-state index in [0.29, 0.717) is 0 Å². The van der Waals surface area contributed by atoms with Crippen molar-refractivity contribution in [3.8, 4) is 11.3 Å². The SMILES string of the molecule is CC(C)(C)c1ncc(-c2cccc3ocnc23)[nH]1. The number of rotatable bonds is 1. The van der Waals surface area contributed by atoms with Gasteiger partial charge >= 0.3 is 0 Å². The Morgan fingerprint density at radius 3 is 2.72 bits per heavy atom. The van der Waals surface area contributed by atoms with Crippen molar-refractivity contribution in [2.45, 2.75) is 26.2 Å². The van der Waals surface area contributed by atoms with E-state index in [1.807, 2.05) is 24.4 Å². The van der Waals surface area contributed by atoms with Crippen molar-refractivity contribution in [2.24, 2.45) is 0 Å². The van der Waals surface area contributed by atoms with E-state index in [-0.39, 0.29) is 5.41 Å². The van der Waals surface area contributed by atoms with Crippen LogP contribution in [0, 0.1) is 0 Å². The molecule has 0 atom stereocenters. The van der Waals surface area contributed by atoms with Gasteiger partial charge in [0.25, 0.3) is 0 Å². The first-order valence-corrected chi connectivity index (χ1v) is 5.94. The van der Waals surface area contributed by atoms with Crippen molar-refractivity contribution in [1.29, 1.82) is 0 Å². The summed E-state index contributed by atoms with van der Waals surface area (Å²) in [5, 5.41) is 0. The molecule has 0 unspecified atom stereocenters. The van der Waals surface area contributed by atoms with Crippen molar-refractivity contribution >= 4 is 11.1 Å². The molecule has 0 amide bonds. The van der Waals surface area contributed by atoms with Crippen LogP contribution in [0.3, 0.4) is 0 Å². The number of aromatic amines is 1. The molecule has 0 aliphatic carbocycles. The van der Waals surface area contributed by atoms with E-state index in [9.17, 15) is 0 Å². The lowest BCUT2D eigenvalue weighted by atomic mass is 9.96. The lowest BCUT2D eigenvalue weighted by molar-refractivity contribution is 0.553. The van der Waals surface area contributed by atoms with Gasteiger partial charge in [-0.05, 0) is 6.07 Å². The highest BCUT2D eigenvalue weighted by atomic mass is 16.3. The molecule has 4 heteroatoms. The topological polar surface area (TPSA) is 54.7 Å². The molecule has 1 aromatic carbocycles. The van der Waals surface area contributed by atoms with E-state index in [1.54, 1.807) is 0 Å². The van der Waals surface area contributed by atoms with Gasteiger partial charge in [0.05, 0.1) is 11.9 Å². The second-order valence-electron chi connectivity index (χ2n) is 5.40. The third-order valence-electron chi connectivity index (χ3n) is 2.94. The number of hydrogen-bond donors (Lipinski definition) is 1. The molecule has 1 N–H and O–H groups in total. The van der Waals surface area contributed by atoms with E-state index in [4.69, 9.17) is 4.42 Å². The molecule has 0 aliphatic rings. The quantitative estimate of drug-likeness (QED) is 0.709. The van der Waals surface area contributed by atoms with Crippen LogP contribution in [-0.2, 0) is 5.41 Å². The maximum Gasteiger partial charge on any atom is 0.182 e. The normalized spacial score (nSPS) is 12.2. The van der Waals surface area contributed by atoms with Gasteiger partial charge in [-0.3, -0.25) is 0 Å². The van der Waals surface area contributed by atoms with Gasteiger partial charge in [-0.15, -0.1) is 0 Å². The number of nitrogens with one attached hydrogen (secondary N) is 1. The third-order valence-corrected chi connectivity index (χ3v) is 2.94. The Kier molecular flexibility index (Phi) is 2.26. The summed E-state index contributed by atoms with van der Waals surface area (Å²) in [5.41, 5.74) is 3.65. The molecule has 92 valence electrons. The van der Waals surface area contributed by atoms with E-state index in [2.05, 4.69) is 35.7 Å². The number of hydrogen-bond acceptors (Lipinski definition) is 3. The Bertz CT molecular complexity index is 688. The number of oxazole rings is 1. The van der Waals surface area contributed by atoms with Gasteiger partial charge in [-0.25, -0.2) is 9.97 Å². The van der Waals surface area contributed by atoms with Gasteiger partial charge in [0.15, 0.2) is 12.0 Å². The van der Waals surface area contributed by atoms with Gasteiger partial charge in [0.2, 0.25) is 0 Å². The lowest BCUT2D eigenvalue weighted by Crippen LogP contribution is -2.13. The zero-order valence-electron chi connectivity index (χ0n) is 10.7. The summed E-state index contributed by atoms with van der Waals surface area (Å²) < 4.78 is 5.31. The molecule has 3 rings (SSSR count). The largest absolute Gasteiger partial charge is 0.443 e. The Morgan fingerprint density at radius 1 is 1.17 bits per heavy atom. The summed E-state index contributed by atoms with van der Waals surface area (Å²) >= 11 is 0. The summed E-state index contributed by atoms with van der Waals surface area (Å²) in [7, 11) is 0. The van der Waals surface area contributed by atoms with Crippen LogP contribution in [0.1, 0.15) is 26.6 Å². The zero-order chi connectivity index (χ0) is 12.8. The number of aromatic nitrogens is 3. The summed E-state index contributed by atoms with van der Waals surface area (Å²) in [6.45, 7) is 6.39. The molecule has 2 heterocycles. The van der Waals surface area contributed by atoms with Gasteiger partial charge in [0.1, 0.15) is 11.3 Å². The van der Waals surface area contributed by atoms with Crippen molar-refractivity contribution in [2.75, 3.05) is 0 Å². The second kappa shape index (κ2) is 3.70. The molecule has 0 spiro atoms. The molecule has 0 bridgehead atoms. The monoisotopic (exact) mass is 241 g/mol. The number of nitrogens with zero attached hydrogens (tertiary/aromatic N) is 2. The molecule has 3 aromatic rings. The van der Waals surface area contributed by atoms with Crippen LogP contribution in [0.15, 0.2) is 35.2 Å². The minimum absolute atomic E-state index is 0.00989. The average Bonchev–Trinajstić information content (AvgIpc) is 2.96. The van der Waals surface area contributed by atoms with Crippen LogP contribution in [-0.4, -0.2) is 15.0 Å². The highest BCUT2D eigenvalue weighted by molar-refractivity contribution is 5.89. The first-order valence-electron chi connectivity index (χ1n) is 5.94. The van der Waals surface area contributed by atoms with Gasteiger partial charge in [-0.1, -0.05) is 32.9 Å². The van der Waals surface area contributed by atoms with Crippen molar-refractivity contribution < 1.29 is 4.42 Å². The van der Waals surface area contributed by atoms with Crippen molar-refractivity contribution in [3.05, 3.63) is 36.6 Å². The Morgan fingerprint density at radius 2 is 2.00 bits per heavy atom. The number of fused-ring (bicyclic) bond motifs is 1. The number of H-pyrrole nitrogens is 1. The average molecular weight is 241 g/mol. The molecule has 18 heavy (non-hydrogen) atoms. The van der Waals surface area contributed by atoms with Gasteiger partial charge in [-0.2, -0.15) is 0 Å². The molecule has 0 saturated carbocycles. The fourth-order valence-corrected chi connectivity index (χ4v) is 1.94. The first kappa shape index (κ1) is 11.0. The minimum Gasteiger partial charge on any atom is -0.443 e. The van der Waals surface area contributed by atoms with Crippen molar-refractivity contribution in [3.63, 3.8) is 0 Å². The molecule has 0 saturated heterocycles. The van der Waals surface area contributed by atoms with E-state index in [0.717, 1.165) is 28.2 Å². The van der Waals surface area contributed by atoms with Crippen LogP contribution in [0.4, 0.5) is 0 Å². The van der Waals surface area contributed by atoms with Crippen LogP contribution < -0.4 is 0 Å². The lowest BCUT2D eigenvalue weighted by Gasteiger charge is -2.14. The number of imidazole rings is 1. The molecule has 0 fully saturated rings. The summed E-state index contributed by atoms with van der Waals surface area (Å²) in [6.07, 6.45) is 3.32. The standard InChI is InChI=1S/C14H15N3O/c1-14(2,3)13-15-7-10(17-13)9-5-4-6-11-12(9)16-8-18-11/h4-8H,1-3H3,(H,15,17). The van der Waals surface area contributed by atoms with E-state index < -0.39 is 0 Å². The van der Waals surface area contributed by atoms with Gasteiger partial charge < -0.3 is 9.40 Å². The Hall–Kier alpha value is -2.10. The smallest absolute Gasteiger partial charge is 0.182 e. The van der Waals surface area contributed by atoms with Crippen LogP contribution in [0.5, 0.6) is 0 Å². The Labute approximate surface area is 105 Å². The van der Waals surface area contributed by atoms with Crippen molar-refractivity contribution in [1.82, 2.24) is 15.0 Å². The summed E-state index contributed by atoms with van der Waals surface area (Å²) in [5.74, 6) is 0.970. The van der Waals surface area contributed by atoms with E-state index in [1.165, 1.54) is 6.39 Å². The fraction of sp³-hybridized carbons (Fsp3) is 0.286. The van der Waals surface area contributed by atoms with Crippen LogP contribution in [0.2, 0.25) is 0 Å². The van der Waals surface area contributed by atoms with E-state index >= 15 is 0 Å². The summed E-state index contributed by atoms with van der Waals surface area (Å²) in [6, 6.07) is 5.89. The number of para-hydroxylation sites is 1. The second-order valence-corrected chi connectivity index (χ2v) is 5.40. The van der Waals surface area contributed by atoms with Crippen LogP contribution >= 0.6 is 0 Å². The molecular weight excluding hydrogens is 226 g/mol. The molecule has 0 radical (unpaired) electrons. The molecular formula is C14H15N3O. The molecule has 0 aliphatic heterocycles. The van der Waals surface area contributed by atoms with Gasteiger partial charge in [0, 0.05) is 11.0 Å². The summed E-state index contributed by atoms with van der Waals surface area (Å²) in [4.78, 5) is 12.1. The predicted octanol–water partition coefficient (Wildman–Crippen LogP) is 3.52. The fourth-order valence-electron chi connectivity index (χ4n) is 1.94. The Balaban J connectivity index is 2.15. The highest BCUT2D eigenvalue weighted by Crippen LogP contribution is 2.28. The van der Waals surface area contributed by atoms with Crippen LogP contribution in [0.25, 0.3) is 22.4 Å². The highest BCUT2D eigenvalue weighted by Gasteiger charge is 2.18. The number of benzene rings is 1. The predicted molar refractivity (Wildman–Crippen MR) is 70.3 cm³/mol. The maximum atomic E-state index is 5.31. The molecule has 4 nitrogen and oxygen atoms in total. The zero-order valence-corrected chi connectivity index (χ0v) is 10.7. The third kappa shape index (κ3) is 1.70. The molecule has 2 aromatic heterocycles. The maximum absolute atomic E-state index is 5.31.